The molecule has 15 heavy (non-hydrogen) atoms. The van der Waals surface area contributed by atoms with Gasteiger partial charge in [0, 0.05) is 23.1 Å². The van der Waals surface area contributed by atoms with Crippen LogP contribution in [0.2, 0.25) is 0 Å². The van der Waals surface area contributed by atoms with E-state index in [2.05, 4.69) is 23.4 Å². The molecule has 3 nitrogen and oxygen atoms in total. The number of isocyanates is 1. The minimum Gasteiger partial charge on any atom is -0.345 e. The molecule has 0 amide bonds. The number of hydrogen-bond acceptors (Lipinski definition) is 2. The Kier molecular flexibility index (Phi) is 2.40. The summed E-state index contributed by atoms with van der Waals surface area (Å²) in [6.07, 6.45) is 3.59. The number of benzene rings is 1. The second-order valence-electron chi connectivity index (χ2n) is 3.76. The summed E-state index contributed by atoms with van der Waals surface area (Å²) < 4.78 is 2.18. The van der Waals surface area contributed by atoms with Crippen LogP contribution < -0.4 is 0 Å². The van der Waals surface area contributed by atoms with E-state index < -0.39 is 0 Å². The topological polar surface area (TPSA) is 34.4 Å². The summed E-state index contributed by atoms with van der Waals surface area (Å²) in [7, 11) is 0. The summed E-state index contributed by atoms with van der Waals surface area (Å²) in [5.74, 6) is 0. The highest BCUT2D eigenvalue weighted by Crippen LogP contribution is 2.24. The van der Waals surface area contributed by atoms with Gasteiger partial charge in [0.25, 0.3) is 0 Å². The lowest BCUT2D eigenvalue weighted by molar-refractivity contribution is 0.565. The molecular formula is C12H12N2O. The first-order chi connectivity index (χ1) is 7.22. The van der Waals surface area contributed by atoms with Crippen molar-refractivity contribution in [3.63, 3.8) is 0 Å². The predicted octanol–water partition coefficient (Wildman–Crippen LogP) is 3.19. The number of aliphatic imine (C=N–C) groups is 1. The number of carbonyl (C=O) groups excluding carboxylic acids is 1. The first-order valence-corrected chi connectivity index (χ1v) is 4.91. The van der Waals surface area contributed by atoms with Crippen LogP contribution in [-0.2, 0) is 4.79 Å². The van der Waals surface area contributed by atoms with Gasteiger partial charge in [-0.05, 0) is 38.1 Å². The molecule has 0 aliphatic rings. The molecule has 0 spiro atoms. The Balaban J connectivity index is 2.61. The first-order valence-electron chi connectivity index (χ1n) is 4.91. The van der Waals surface area contributed by atoms with Crippen LogP contribution >= 0.6 is 0 Å². The van der Waals surface area contributed by atoms with Crippen molar-refractivity contribution >= 4 is 22.7 Å². The van der Waals surface area contributed by atoms with Gasteiger partial charge >= 0.3 is 0 Å². The van der Waals surface area contributed by atoms with Gasteiger partial charge in [-0.2, -0.15) is 4.99 Å². The lowest BCUT2D eigenvalue weighted by atomic mass is 10.2. The van der Waals surface area contributed by atoms with E-state index in [1.54, 1.807) is 6.08 Å². The number of fused-ring (bicyclic) bond motifs is 1. The van der Waals surface area contributed by atoms with Crippen LogP contribution in [0.5, 0.6) is 0 Å². The molecule has 0 aliphatic carbocycles. The molecule has 0 bridgehead atoms. The van der Waals surface area contributed by atoms with Gasteiger partial charge in [-0.3, -0.25) is 0 Å². The standard InChI is InChI=1S/C12H12N2O/c1-9(2)14-6-5-10-7-11(13-8-15)3-4-12(10)14/h3-7,9H,1-2H3. The van der Waals surface area contributed by atoms with E-state index in [1.165, 1.54) is 0 Å². The highest BCUT2D eigenvalue weighted by atomic mass is 16.1. The van der Waals surface area contributed by atoms with Crippen molar-refractivity contribution in [2.75, 3.05) is 0 Å². The highest BCUT2D eigenvalue weighted by Gasteiger charge is 2.03. The van der Waals surface area contributed by atoms with E-state index in [0.717, 1.165) is 10.9 Å². The Hall–Kier alpha value is -1.86. The van der Waals surface area contributed by atoms with Crippen molar-refractivity contribution in [2.24, 2.45) is 4.99 Å². The normalized spacial score (nSPS) is 10.6. The van der Waals surface area contributed by atoms with Crippen molar-refractivity contribution in [2.45, 2.75) is 19.9 Å². The fourth-order valence-electron chi connectivity index (χ4n) is 1.72. The molecule has 2 rings (SSSR count). The van der Waals surface area contributed by atoms with Crippen LogP contribution in [0.3, 0.4) is 0 Å². The zero-order chi connectivity index (χ0) is 10.8. The van der Waals surface area contributed by atoms with Crippen molar-refractivity contribution < 1.29 is 4.79 Å². The minimum atomic E-state index is 0.433. The second-order valence-corrected chi connectivity index (χ2v) is 3.76. The van der Waals surface area contributed by atoms with E-state index in [0.29, 0.717) is 11.7 Å². The van der Waals surface area contributed by atoms with Crippen LogP contribution in [-0.4, -0.2) is 10.6 Å². The Morgan fingerprint density at radius 3 is 2.80 bits per heavy atom. The number of nitrogens with zero attached hydrogens (tertiary/aromatic N) is 2. The van der Waals surface area contributed by atoms with Crippen LogP contribution in [0.15, 0.2) is 35.5 Å². The number of hydrogen-bond donors (Lipinski definition) is 0. The summed E-state index contributed by atoms with van der Waals surface area (Å²) in [5, 5.41) is 1.10. The van der Waals surface area contributed by atoms with Crippen molar-refractivity contribution in [3.05, 3.63) is 30.5 Å². The van der Waals surface area contributed by atoms with Crippen LogP contribution in [0, 0.1) is 0 Å². The molecule has 0 saturated carbocycles. The summed E-state index contributed by atoms with van der Waals surface area (Å²) in [5.41, 5.74) is 1.81. The first kappa shape index (κ1) is 9.69. The second kappa shape index (κ2) is 3.71. The third-order valence-electron chi connectivity index (χ3n) is 2.44. The molecule has 1 heterocycles. The number of rotatable bonds is 2. The molecule has 0 fully saturated rings. The number of aromatic nitrogens is 1. The molecule has 2 aromatic rings. The lowest BCUT2D eigenvalue weighted by Gasteiger charge is -2.08. The van der Waals surface area contributed by atoms with Gasteiger partial charge in [0.05, 0.1) is 5.69 Å². The minimum absolute atomic E-state index is 0.433. The zero-order valence-electron chi connectivity index (χ0n) is 8.77. The maximum absolute atomic E-state index is 10.1. The molecule has 76 valence electrons. The Labute approximate surface area is 88.0 Å². The lowest BCUT2D eigenvalue weighted by Crippen LogP contribution is -1.97. The average Bonchev–Trinajstić information content (AvgIpc) is 2.61. The Bertz CT molecular complexity index is 534. The van der Waals surface area contributed by atoms with Gasteiger partial charge in [-0.1, -0.05) is 0 Å². The predicted molar refractivity (Wildman–Crippen MR) is 60.1 cm³/mol. The van der Waals surface area contributed by atoms with Gasteiger partial charge < -0.3 is 4.57 Å². The van der Waals surface area contributed by atoms with E-state index >= 15 is 0 Å². The largest absolute Gasteiger partial charge is 0.345 e. The Morgan fingerprint density at radius 2 is 2.13 bits per heavy atom. The average molecular weight is 200 g/mol. The summed E-state index contributed by atoms with van der Waals surface area (Å²) in [4.78, 5) is 13.7. The molecule has 0 saturated heterocycles. The molecular weight excluding hydrogens is 188 g/mol. The SMILES string of the molecule is CC(C)n1ccc2cc(N=C=O)ccc21. The third kappa shape index (κ3) is 1.69. The van der Waals surface area contributed by atoms with Gasteiger partial charge in [0.15, 0.2) is 0 Å². The molecule has 0 unspecified atom stereocenters. The van der Waals surface area contributed by atoms with Crippen molar-refractivity contribution in [1.29, 1.82) is 0 Å². The third-order valence-corrected chi connectivity index (χ3v) is 2.44. The monoisotopic (exact) mass is 200 g/mol. The van der Waals surface area contributed by atoms with Gasteiger partial charge in [0.1, 0.15) is 0 Å². The van der Waals surface area contributed by atoms with E-state index in [1.807, 2.05) is 30.5 Å². The molecule has 0 aliphatic heterocycles. The highest BCUT2D eigenvalue weighted by molar-refractivity contribution is 5.83. The maximum atomic E-state index is 10.1. The Morgan fingerprint density at radius 1 is 1.33 bits per heavy atom. The molecule has 3 heteroatoms. The molecule has 1 aromatic heterocycles. The van der Waals surface area contributed by atoms with E-state index in [4.69, 9.17) is 0 Å². The summed E-state index contributed by atoms with van der Waals surface area (Å²) >= 11 is 0. The van der Waals surface area contributed by atoms with Gasteiger partial charge in [-0.25, -0.2) is 4.79 Å². The molecule has 0 radical (unpaired) electrons. The molecule has 1 aromatic carbocycles. The molecule has 0 atom stereocenters. The fraction of sp³-hybridized carbons (Fsp3) is 0.250. The van der Waals surface area contributed by atoms with Gasteiger partial charge in [0.2, 0.25) is 6.08 Å². The van der Waals surface area contributed by atoms with Crippen LogP contribution in [0.1, 0.15) is 19.9 Å². The van der Waals surface area contributed by atoms with E-state index in [-0.39, 0.29) is 0 Å². The maximum Gasteiger partial charge on any atom is 0.240 e. The summed E-state index contributed by atoms with van der Waals surface area (Å²) in [6, 6.07) is 8.15. The van der Waals surface area contributed by atoms with Crippen molar-refractivity contribution in [3.8, 4) is 0 Å². The fourth-order valence-corrected chi connectivity index (χ4v) is 1.72. The van der Waals surface area contributed by atoms with Crippen LogP contribution in [0.25, 0.3) is 10.9 Å². The van der Waals surface area contributed by atoms with E-state index in [9.17, 15) is 4.79 Å². The van der Waals surface area contributed by atoms with Crippen molar-refractivity contribution in [1.82, 2.24) is 4.57 Å². The quantitative estimate of drug-likeness (QED) is 0.541. The van der Waals surface area contributed by atoms with Crippen LogP contribution in [0.4, 0.5) is 5.69 Å². The smallest absolute Gasteiger partial charge is 0.240 e. The van der Waals surface area contributed by atoms with Gasteiger partial charge in [-0.15, -0.1) is 0 Å². The molecule has 0 N–H and O–H groups in total. The zero-order valence-corrected chi connectivity index (χ0v) is 8.77. The summed E-state index contributed by atoms with van der Waals surface area (Å²) in [6.45, 7) is 4.27.